The molecule has 0 saturated carbocycles. The summed E-state index contributed by atoms with van der Waals surface area (Å²) < 4.78 is 1.68. The number of fused-ring (bicyclic) bond motifs is 1. The van der Waals surface area contributed by atoms with E-state index in [0.717, 1.165) is 27.7 Å². The highest BCUT2D eigenvalue weighted by Gasteiger charge is 2.28. The molecular formula is C24H19N5OS. The third-order valence-corrected chi connectivity index (χ3v) is 6.29. The van der Waals surface area contributed by atoms with Crippen LogP contribution in [0.1, 0.15) is 26.7 Å². The predicted octanol–water partition coefficient (Wildman–Crippen LogP) is 5.17. The molecule has 1 N–H and O–H groups in total. The van der Waals surface area contributed by atoms with E-state index in [0.29, 0.717) is 10.7 Å². The van der Waals surface area contributed by atoms with Crippen LogP contribution < -0.4 is 0 Å². The number of benzene rings is 3. The molecule has 0 aliphatic heterocycles. The number of carbonyl (C=O) groups excluding carboxylic acids is 1. The molecule has 5 rings (SSSR count). The van der Waals surface area contributed by atoms with Crippen molar-refractivity contribution in [2.45, 2.75) is 17.3 Å². The van der Waals surface area contributed by atoms with Crippen molar-refractivity contribution in [2.75, 3.05) is 0 Å². The van der Waals surface area contributed by atoms with Crippen molar-refractivity contribution >= 4 is 28.4 Å². The molecule has 0 amide bonds. The zero-order chi connectivity index (χ0) is 21.2. The van der Waals surface area contributed by atoms with Gasteiger partial charge in [-0.05, 0) is 46.7 Å². The SMILES string of the molecule is Cc1cccc(-n2nnnc2S[C@@H](C(=O)c2c[nH]c3ccccc23)c2ccccc2)c1. The van der Waals surface area contributed by atoms with E-state index < -0.39 is 5.25 Å². The van der Waals surface area contributed by atoms with Crippen LogP contribution in [0.25, 0.3) is 16.6 Å². The van der Waals surface area contributed by atoms with Crippen LogP contribution in [-0.2, 0) is 0 Å². The Morgan fingerprint density at radius 2 is 1.81 bits per heavy atom. The number of nitrogens with zero attached hydrogens (tertiary/aromatic N) is 4. The van der Waals surface area contributed by atoms with Crippen molar-refractivity contribution in [1.29, 1.82) is 0 Å². The number of ketones is 1. The molecule has 5 aromatic rings. The molecule has 0 aliphatic carbocycles. The average Bonchev–Trinajstić information content (AvgIpc) is 3.45. The third kappa shape index (κ3) is 3.75. The molecule has 1 atom stereocenters. The molecule has 0 saturated heterocycles. The van der Waals surface area contributed by atoms with Crippen molar-refractivity contribution in [2.24, 2.45) is 0 Å². The highest BCUT2D eigenvalue weighted by Crippen LogP contribution is 2.38. The summed E-state index contributed by atoms with van der Waals surface area (Å²) in [5, 5.41) is 13.2. The smallest absolute Gasteiger partial charge is 0.215 e. The minimum absolute atomic E-state index is 0.00689. The molecule has 152 valence electrons. The van der Waals surface area contributed by atoms with E-state index in [1.807, 2.05) is 85.8 Å². The molecule has 3 aromatic carbocycles. The number of para-hydroxylation sites is 1. The molecule has 0 radical (unpaired) electrons. The zero-order valence-electron chi connectivity index (χ0n) is 16.8. The molecule has 6 nitrogen and oxygen atoms in total. The van der Waals surface area contributed by atoms with E-state index in [9.17, 15) is 4.79 Å². The zero-order valence-corrected chi connectivity index (χ0v) is 17.6. The number of thioether (sulfide) groups is 1. The fraction of sp³-hybridized carbons (Fsp3) is 0.0833. The second-order valence-corrected chi connectivity index (χ2v) is 8.31. The highest BCUT2D eigenvalue weighted by atomic mass is 32.2. The number of H-pyrrole nitrogens is 1. The molecule has 2 aromatic heterocycles. The predicted molar refractivity (Wildman–Crippen MR) is 122 cm³/mol. The van der Waals surface area contributed by atoms with Crippen molar-refractivity contribution in [1.82, 2.24) is 25.2 Å². The van der Waals surface area contributed by atoms with Crippen LogP contribution >= 0.6 is 11.8 Å². The Morgan fingerprint density at radius 3 is 2.65 bits per heavy atom. The Bertz CT molecular complexity index is 1360. The van der Waals surface area contributed by atoms with Gasteiger partial charge >= 0.3 is 0 Å². The van der Waals surface area contributed by atoms with Crippen LogP contribution in [0.4, 0.5) is 0 Å². The van der Waals surface area contributed by atoms with E-state index in [1.54, 1.807) is 10.9 Å². The first-order valence-corrected chi connectivity index (χ1v) is 10.8. The van der Waals surface area contributed by atoms with E-state index in [-0.39, 0.29) is 5.78 Å². The minimum atomic E-state index is -0.491. The van der Waals surface area contributed by atoms with Gasteiger partial charge in [-0.25, -0.2) is 0 Å². The summed E-state index contributed by atoms with van der Waals surface area (Å²) in [6.07, 6.45) is 1.78. The lowest BCUT2D eigenvalue weighted by atomic mass is 10.0. The van der Waals surface area contributed by atoms with E-state index in [4.69, 9.17) is 0 Å². The Hall–Kier alpha value is -3.71. The monoisotopic (exact) mass is 425 g/mol. The van der Waals surface area contributed by atoms with Crippen LogP contribution in [-0.4, -0.2) is 31.0 Å². The van der Waals surface area contributed by atoms with Crippen LogP contribution in [0, 0.1) is 6.92 Å². The molecule has 0 spiro atoms. The largest absolute Gasteiger partial charge is 0.360 e. The van der Waals surface area contributed by atoms with Gasteiger partial charge < -0.3 is 4.98 Å². The Balaban J connectivity index is 1.56. The topological polar surface area (TPSA) is 76.5 Å². The van der Waals surface area contributed by atoms with Crippen LogP contribution in [0.3, 0.4) is 0 Å². The van der Waals surface area contributed by atoms with Gasteiger partial charge in [-0.15, -0.1) is 5.10 Å². The number of nitrogens with one attached hydrogen (secondary N) is 1. The quantitative estimate of drug-likeness (QED) is 0.300. The Morgan fingerprint density at radius 1 is 1.00 bits per heavy atom. The van der Waals surface area contributed by atoms with Crippen LogP contribution in [0.15, 0.2) is 90.2 Å². The van der Waals surface area contributed by atoms with Gasteiger partial charge in [-0.2, -0.15) is 4.68 Å². The first-order chi connectivity index (χ1) is 15.2. The van der Waals surface area contributed by atoms with Crippen molar-refractivity contribution in [3.63, 3.8) is 0 Å². The fourth-order valence-electron chi connectivity index (χ4n) is 3.60. The number of tetrazole rings is 1. The number of aromatic amines is 1. The van der Waals surface area contributed by atoms with Gasteiger partial charge in [0.1, 0.15) is 5.25 Å². The maximum Gasteiger partial charge on any atom is 0.215 e. The molecular weight excluding hydrogens is 406 g/mol. The number of hydrogen-bond acceptors (Lipinski definition) is 5. The van der Waals surface area contributed by atoms with Crippen LogP contribution in [0.2, 0.25) is 0 Å². The Labute approximate surface area is 183 Å². The van der Waals surface area contributed by atoms with Gasteiger partial charge in [-0.1, -0.05) is 72.4 Å². The summed E-state index contributed by atoms with van der Waals surface area (Å²) in [6, 6.07) is 25.5. The Kier molecular flexibility index (Phi) is 5.09. The standard InChI is InChI=1S/C24H19N5OS/c1-16-8-7-11-18(14-16)29-24(26-27-28-29)31-23(17-9-3-2-4-10-17)22(30)20-15-25-21-13-6-5-12-19(20)21/h2-15,23,25H,1H3/t23-/m1/s1. The maximum atomic E-state index is 13.7. The van der Waals surface area contributed by atoms with Crippen molar-refractivity contribution in [3.05, 3.63) is 102 Å². The summed E-state index contributed by atoms with van der Waals surface area (Å²) in [5.74, 6) is 0.00689. The highest BCUT2D eigenvalue weighted by molar-refractivity contribution is 8.00. The number of aromatic nitrogens is 5. The number of hydrogen-bond donors (Lipinski definition) is 1. The summed E-state index contributed by atoms with van der Waals surface area (Å²) in [6.45, 7) is 2.02. The van der Waals surface area contributed by atoms with Gasteiger partial charge in [0.2, 0.25) is 5.16 Å². The normalized spacial score (nSPS) is 12.2. The molecule has 7 heteroatoms. The number of carbonyl (C=O) groups is 1. The summed E-state index contributed by atoms with van der Waals surface area (Å²) in [7, 11) is 0. The number of aryl methyl sites for hydroxylation is 1. The molecule has 0 fully saturated rings. The summed E-state index contributed by atoms with van der Waals surface area (Å²) >= 11 is 1.35. The second kappa shape index (κ2) is 8.20. The minimum Gasteiger partial charge on any atom is -0.360 e. The first kappa shape index (κ1) is 19.3. The molecule has 31 heavy (non-hydrogen) atoms. The number of rotatable bonds is 6. The van der Waals surface area contributed by atoms with Gasteiger partial charge in [0, 0.05) is 22.7 Å². The number of Topliss-reactive ketones (excluding diaryl/α,β-unsaturated/α-hetero) is 1. The summed E-state index contributed by atoms with van der Waals surface area (Å²) in [5.41, 5.74) is 4.47. The lowest BCUT2D eigenvalue weighted by Crippen LogP contribution is -2.11. The van der Waals surface area contributed by atoms with Crippen molar-refractivity contribution < 1.29 is 4.79 Å². The molecule has 2 heterocycles. The molecule has 0 aliphatic rings. The lowest BCUT2D eigenvalue weighted by Gasteiger charge is -2.15. The lowest BCUT2D eigenvalue weighted by molar-refractivity contribution is 0.0991. The maximum absolute atomic E-state index is 13.7. The van der Waals surface area contributed by atoms with Gasteiger partial charge in [0.05, 0.1) is 5.69 Å². The van der Waals surface area contributed by atoms with E-state index in [1.165, 1.54) is 11.8 Å². The second-order valence-electron chi connectivity index (χ2n) is 7.23. The van der Waals surface area contributed by atoms with Crippen molar-refractivity contribution in [3.8, 4) is 5.69 Å². The van der Waals surface area contributed by atoms with E-state index >= 15 is 0 Å². The average molecular weight is 426 g/mol. The molecule has 0 unspecified atom stereocenters. The van der Waals surface area contributed by atoms with Gasteiger partial charge in [0.25, 0.3) is 0 Å². The fourth-order valence-corrected chi connectivity index (χ4v) is 4.66. The first-order valence-electron chi connectivity index (χ1n) is 9.88. The van der Waals surface area contributed by atoms with Gasteiger partial charge in [-0.3, -0.25) is 4.79 Å². The van der Waals surface area contributed by atoms with E-state index in [2.05, 4.69) is 20.5 Å². The molecule has 0 bridgehead atoms. The third-order valence-electron chi connectivity index (χ3n) is 5.11. The van der Waals surface area contributed by atoms with Crippen LogP contribution in [0.5, 0.6) is 0 Å². The summed E-state index contributed by atoms with van der Waals surface area (Å²) in [4.78, 5) is 16.9. The van der Waals surface area contributed by atoms with Gasteiger partial charge in [0.15, 0.2) is 5.78 Å².